The largest absolute Gasteiger partial charge is 0.316 e. The third kappa shape index (κ3) is 9.26. The first-order valence-corrected chi connectivity index (χ1v) is 4.67. The molecular weight excluding hydrogens is 146 g/mol. The summed E-state index contributed by atoms with van der Waals surface area (Å²) in [5.74, 6) is 2.60. The molecule has 0 aliphatic heterocycles. The Bertz CT molecular complexity index is 132. The van der Waals surface area contributed by atoms with Crippen molar-refractivity contribution in [3.63, 3.8) is 0 Å². The average Bonchev–Trinajstić information content (AvgIpc) is 2.10. The Labute approximate surface area is 76.2 Å². The number of allylic oxidation sites excluding steroid dienone is 1. The van der Waals surface area contributed by atoms with Gasteiger partial charge < -0.3 is 5.32 Å². The quantitative estimate of drug-likeness (QED) is 0.331. The Hall–Kier alpha value is -0.740. The highest BCUT2D eigenvalue weighted by Gasteiger charge is 1.87. The van der Waals surface area contributed by atoms with E-state index in [4.69, 9.17) is 6.42 Å². The zero-order valence-corrected chi connectivity index (χ0v) is 7.81. The molecule has 0 saturated carbocycles. The monoisotopic (exact) mass is 165 g/mol. The van der Waals surface area contributed by atoms with Gasteiger partial charge in [0.15, 0.2) is 0 Å². The van der Waals surface area contributed by atoms with Crippen molar-refractivity contribution >= 4 is 0 Å². The van der Waals surface area contributed by atoms with Crippen LogP contribution < -0.4 is 5.32 Å². The summed E-state index contributed by atoms with van der Waals surface area (Å²) in [4.78, 5) is 0. The molecule has 1 heteroatoms. The van der Waals surface area contributed by atoms with Crippen molar-refractivity contribution in [1.82, 2.24) is 5.32 Å². The van der Waals surface area contributed by atoms with Gasteiger partial charge in [-0.2, -0.15) is 0 Å². The maximum Gasteiger partial charge on any atom is 0.0211 e. The number of hydrogen-bond acceptors (Lipinski definition) is 1. The Balaban J connectivity index is 2.82. The van der Waals surface area contributed by atoms with E-state index in [-0.39, 0.29) is 0 Å². The normalized spacial score (nSPS) is 9.25. The molecule has 0 aliphatic carbocycles. The molecule has 0 bridgehead atoms. The Kier molecular flexibility index (Phi) is 9.63. The van der Waals surface area contributed by atoms with Crippen LogP contribution in [-0.2, 0) is 0 Å². The molecule has 0 saturated heterocycles. The summed E-state index contributed by atoms with van der Waals surface area (Å²) in [7, 11) is 0. The molecule has 12 heavy (non-hydrogen) atoms. The number of nitrogens with one attached hydrogen (secondary N) is 1. The first-order chi connectivity index (χ1) is 5.91. The number of terminal acetylenes is 1. The standard InChI is InChI=1S/C11H19N/c1-3-5-7-8-9-11-12-10-6-4-2/h2-3,12H,1,5-11H2. The predicted molar refractivity (Wildman–Crippen MR) is 55.0 cm³/mol. The molecule has 0 rings (SSSR count). The molecule has 0 amide bonds. The Morgan fingerprint density at radius 3 is 2.75 bits per heavy atom. The van der Waals surface area contributed by atoms with Crippen LogP contribution in [0.5, 0.6) is 0 Å². The van der Waals surface area contributed by atoms with Gasteiger partial charge >= 0.3 is 0 Å². The Morgan fingerprint density at radius 1 is 1.25 bits per heavy atom. The highest BCUT2D eigenvalue weighted by molar-refractivity contribution is 4.83. The lowest BCUT2D eigenvalue weighted by Crippen LogP contribution is -2.15. The second-order valence-electron chi connectivity index (χ2n) is 2.84. The molecule has 0 aromatic heterocycles. The summed E-state index contributed by atoms with van der Waals surface area (Å²) >= 11 is 0. The van der Waals surface area contributed by atoms with Gasteiger partial charge in [-0.3, -0.25) is 0 Å². The van der Waals surface area contributed by atoms with E-state index in [1.54, 1.807) is 0 Å². The summed E-state index contributed by atoms with van der Waals surface area (Å²) in [5, 5.41) is 3.29. The van der Waals surface area contributed by atoms with Crippen molar-refractivity contribution in [1.29, 1.82) is 0 Å². The maximum atomic E-state index is 5.11. The summed E-state index contributed by atoms with van der Waals surface area (Å²) in [6.07, 6.45) is 12.9. The Morgan fingerprint density at radius 2 is 2.08 bits per heavy atom. The third-order valence-corrected chi connectivity index (χ3v) is 1.71. The molecule has 0 spiro atoms. The lowest BCUT2D eigenvalue weighted by Gasteiger charge is -2.00. The minimum atomic E-state index is 0.840. The minimum absolute atomic E-state index is 0.840. The number of unbranched alkanes of at least 4 members (excludes halogenated alkanes) is 3. The van der Waals surface area contributed by atoms with Crippen molar-refractivity contribution in [2.24, 2.45) is 0 Å². The molecular formula is C11H19N. The van der Waals surface area contributed by atoms with Crippen molar-refractivity contribution in [3.8, 4) is 12.3 Å². The van der Waals surface area contributed by atoms with E-state index < -0.39 is 0 Å². The highest BCUT2D eigenvalue weighted by Crippen LogP contribution is 1.98. The van der Waals surface area contributed by atoms with Crippen LogP contribution >= 0.6 is 0 Å². The molecule has 0 heterocycles. The van der Waals surface area contributed by atoms with E-state index in [1.165, 1.54) is 19.3 Å². The molecule has 0 aliphatic rings. The van der Waals surface area contributed by atoms with Gasteiger partial charge in [-0.1, -0.05) is 12.5 Å². The first kappa shape index (κ1) is 11.3. The summed E-state index contributed by atoms with van der Waals surface area (Å²) < 4.78 is 0. The van der Waals surface area contributed by atoms with Gasteiger partial charge in [0, 0.05) is 13.0 Å². The van der Waals surface area contributed by atoms with Gasteiger partial charge in [0.25, 0.3) is 0 Å². The fourth-order valence-electron chi connectivity index (χ4n) is 1.00. The summed E-state index contributed by atoms with van der Waals surface area (Å²) in [5.41, 5.74) is 0. The molecule has 0 aromatic rings. The fraction of sp³-hybridized carbons (Fsp3) is 0.636. The van der Waals surface area contributed by atoms with Gasteiger partial charge in [-0.15, -0.1) is 18.9 Å². The summed E-state index contributed by atoms with van der Waals surface area (Å²) in [6.45, 7) is 5.73. The number of hydrogen-bond donors (Lipinski definition) is 1. The van der Waals surface area contributed by atoms with Crippen LogP contribution in [0, 0.1) is 12.3 Å². The van der Waals surface area contributed by atoms with Crippen LogP contribution in [0.1, 0.15) is 32.1 Å². The molecule has 0 atom stereocenters. The zero-order valence-electron chi connectivity index (χ0n) is 7.81. The molecule has 0 aromatic carbocycles. The molecule has 1 N–H and O–H groups in total. The van der Waals surface area contributed by atoms with Crippen molar-refractivity contribution in [2.75, 3.05) is 13.1 Å². The predicted octanol–water partition coefficient (Wildman–Crippen LogP) is 2.35. The molecule has 0 fully saturated rings. The van der Waals surface area contributed by atoms with E-state index in [9.17, 15) is 0 Å². The first-order valence-electron chi connectivity index (χ1n) is 4.67. The van der Waals surface area contributed by atoms with E-state index in [1.807, 2.05) is 6.08 Å². The van der Waals surface area contributed by atoms with Gasteiger partial charge in [0.2, 0.25) is 0 Å². The second kappa shape index (κ2) is 10.3. The van der Waals surface area contributed by atoms with Gasteiger partial charge in [0.05, 0.1) is 0 Å². The fourth-order valence-corrected chi connectivity index (χ4v) is 1.00. The highest BCUT2D eigenvalue weighted by atomic mass is 14.8. The topological polar surface area (TPSA) is 12.0 Å². The van der Waals surface area contributed by atoms with E-state index in [2.05, 4.69) is 17.8 Å². The van der Waals surface area contributed by atoms with Crippen molar-refractivity contribution < 1.29 is 0 Å². The molecule has 68 valence electrons. The maximum absolute atomic E-state index is 5.11. The third-order valence-electron chi connectivity index (χ3n) is 1.71. The van der Waals surface area contributed by atoms with Crippen LogP contribution in [0.4, 0.5) is 0 Å². The van der Waals surface area contributed by atoms with Gasteiger partial charge in [-0.25, -0.2) is 0 Å². The lowest BCUT2D eigenvalue weighted by molar-refractivity contribution is 0.611. The number of rotatable bonds is 8. The lowest BCUT2D eigenvalue weighted by atomic mass is 10.2. The van der Waals surface area contributed by atoms with Crippen LogP contribution in [0.2, 0.25) is 0 Å². The second-order valence-corrected chi connectivity index (χ2v) is 2.84. The zero-order chi connectivity index (χ0) is 9.07. The molecule has 0 unspecified atom stereocenters. The SMILES string of the molecule is C#CCCNCCCCCC=C. The van der Waals surface area contributed by atoms with Gasteiger partial charge in [0.1, 0.15) is 0 Å². The molecule has 0 radical (unpaired) electrons. The van der Waals surface area contributed by atoms with E-state index in [0.717, 1.165) is 25.9 Å². The minimum Gasteiger partial charge on any atom is -0.316 e. The smallest absolute Gasteiger partial charge is 0.0211 e. The van der Waals surface area contributed by atoms with Crippen LogP contribution in [0.3, 0.4) is 0 Å². The van der Waals surface area contributed by atoms with Crippen LogP contribution in [0.15, 0.2) is 12.7 Å². The van der Waals surface area contributed by atoms with Crippen molar-refractivity contribution in [2.45, 2.75) is 32.1 Å². The molecule has 1 nitrogen and oxygen atoms in total. The summed E-state index contributed by atoms with van der Waals surface area (Å²) in [6, 6.07) is 0. The average molecular weight is 165 g/mol. The van der Waals surface area contributed by atoms with Crippen LogP contribution in [-0.4, -0.2) is 13.1 Å². The van der Waals surface area contributed by atoms with Crippen LogP contribution in [0.25, 0.3) is 0 Å². The van der Waals surface area contributed by atoms with Gasteiger partial charge in [-0.05, 0) is 25.8 Å². The van der Waals surface area contributed by atoms with E-state index >= 15 is 0 Å². The van der Waals surface area contributed by atoms with E-state index in [0.29, 0.717) is 0 Å². The van der Waals surface area contributed by atoms with Crippen molar-refractivity contribution in [3.05, 3.63) is 12.7 Å².